The Morgan fingerprint density at radius 3 is 2.74 bits per heavy atom. The van der Waals surface area contributed by atoms with Crippen LogP contribution in [-0.2, 0) is 11.8 Å². The van der Waals surface area contributed by atoms with Crippen molar-refractivity contribution >= 4 is 5.97 Å². The molecule has 0 atom stereocenters. The number of rotatable bonds is 3. The summed E-state index contributed by atoms with van der Waals surface area (Å²) in [5.41, 5.74) is 3.37. The number of hydrogen-bond acceptors (Lipinski definition) is 3. The van der Waals surface area contributed by atoms with E-state index in [-0.39, 0.29) is 5.97 Å². The maximum absolute atomic E-state index is 11.9. The monoisotopic (exact) mass is 258 g/mol. The maximum atomic E-state index is 11.9. The fourth-order valence-corrected chi connectivity index (χ4v) is 2.16. The molecule has 1 heterocycles. The van der Waals surface area contributed by atoms with Crippen LogP contribution in [0.15, 0.2) is 24.3 Å². The number of benzene rings is 1. The molecule has 1 aromatic carbocycles. The van der Waals surface area contributed by atoms with Gasteiger partial charge in [0.25, 0.3) is 0 Å². The lowest BCUT2D eigenvalue weighted by Crippen LogP contribution is -2.11. The molecule has 0 unspecified atom stereocenters. The van der Waals surface area contributed by atoms with Gasteiger partial charge in [-0.15, -0.1) is 0 Å². The Hall–Kier alpha value is -2.10. The highest BCUT2D eigenvalue weighted by Gasteiger charge is 2.20. The number of hydrogen-bond donors (Lipinski definition) is 0. The van der Waals surface area contributed by atoms with Crippen molar-refractivity contribution in [2.75, 3.05) is 6.61 Å². The van der Waals surface area contributed by atoms with Crippen molar-refractivity contribution in [1.29, 1.82) is 0 Å². The van der Waals surface area contributed by atoms with Gasteiger partial charge in [-0.05, 0) is 26.8 Å². The zero-order valence-electron chi connectivity index (χ0n) is 11.7. The summed E-state index contributed by atoms with van der Waals surface area (Å²) < 4.78 is 6.86. The second kappa shape index (κ2) is 5.26. The van der Waals surface area contributed by atoms with E-state index >= 15 is 0 Å². The molecule has 0 aliphatic carbocycles. The largest absolute Gasteiger partial charge is 0.461 e. The fourth-order valence-electron chi connectivity index (χ4n) is 2.16. The molecule has 4 heteroatoms. The Kier molecular flexibility index (Phi) is 3.69. The van der Waals surface area contributed by atoms with E-state index in [0.717, 1.165) is 17.0 Å². The zero-order valence-corrected chi connectivity index (χ0v) is 11.7. The maximum Gasteiger partial charge on any atom is 0.356 e. The Morgan fingerprint density at radius 1 is 1.37 bits per heavy atom. The second-order valence-corrected chi connectivity index (χ2v) is 4.52. The van der Waals surface area contributed by atoms with Gasteiger partial charge in [0.1, 0.15) is 11.5 Å². The Morgan fingerprint density at radius 2 is 2.11 bits per heavy atom. The number of carbonyl (C=O) groups excluding carboxylic acids is 1. The van der Waals surface area contributed by atoms with E-state index in [1.54, 1.807) is 11.5 Å². The molecule has 0 saturated carbocycles. The number of carbonyl (C=O) groups is 1. The molecule has 0 N–H and O–H groups in total. The zero-order chi connectivity index (χ0) is 14.0. The van der Waals surface area contributed by atoms with Crippen LogP contribution in [-0.4, -0.2) is 22.1 Å². The molecule has 0 amide bonds. The van der Waals surface area contributed by atoms with Gasteiger partial charge in [0.05, 0.1) is 12.3 Å². The van der Waals surface area contributed by atoms with Crippen molar-refractivity contribution in [2.24, 2.45) is 7.05 Å². The lowest BCUT2D eigenvalue weighted by molar-refractivity contribution is 0.0514. The average Bonchev–Trinajstić information content (AvgIpc) is 2.65. The van der Waals surface area contributed by atoms with Crippen LogP contribution in [0.2, 0.25) is 0 Å². The number of imidazole rings is 1. The Bertz CT molecular complexity index is 615. The van der Waals surface area contributed by atoms with E-state index in [0.29, 0.717) is 18.0 Å². The van der Waals surface area contributed by atoms with Gasteiger partial charge in [-0.2, -0.15) is 0 Å². The Labute approximate surface area is 113 Å². The molecular weight excluding hydrogens is 240 g/mol. The smallest absolute Gasteiger partial charge is 0.356 e. The van der Waals surface area contributed by atoms with E-state index in [1.165, 1.54) is 0 Å². The molecule has 0 radical (unpaired) electrons. The first-order chi connectivity index (χ1) is 9.04. The van der Waals surface area contributed by atoms with Crippen LogP contribution in [0, 0.1) is 13.8 Å². The minimum absolute atomic E-state index is 0.325. The van der Waals surface area contributed by atoms with Crippen molar-refractivity contribution in [2.45, 2.75) is 20.8 Å². The molecule has 0 fully saturated rings. The molecule has 100 valence electrons. The van der Waals surface area contributed by atoms with Crippen LogP contribution >= 0.6 is 0 Å². The molecule has 2 aromatic rings. The van der Waals surface area contributed by atoms with Crippen molar-refractivity contribution in [3.05, 3.63) is 41.2 Å². The lowest BCUT2D eigenvalue weighted by Gasteiger charge is -2.06. The normalized spacial score (nSPS) is 10.5. The standard InChI is InChI=1S/C15H18N2O2/c1-5-19-15(18)13-11(3)16-14(17(13)4)12-8-6-7-10(2)9-12/h6-9H,5H2,1-4H3. The minimum atomic E-state index is -0.325. The van der Waals surface area contributed by atoms with Gasteiger partial charge in [0.15, 0.2) is 0 Å². The predicted molar refractivity (Wildman–Crippen MR) is 74.1 cm³/mol. The first-order valence-electron chi connectivity index (χ1n) is 6.32. The number of nitrogens with zero attached hydrogens (tertiary/aromatic N) is 2. The van der Waals surface area contributed by atoms with Gasteiger partial charge in [0.2, 0.25) is 0 Å². The van der Waals surface area contributed by atoms with Crippen LogP contribution in [0.3, 0.4) is 0 Å². The van der Waals surface area contributed by atoms with Crippen molar-refractivity contribution < 1.29 is 9.53 Å². The van der Waals surface area contributed by atoms with Crippen LogP contribution < -0.4 is 0 Å². The van der Waals surface area contributed by atoms with Crippen LogP contribution in [0.4, 0.5) is 0 Å². The third-order valence-electron chi connectivity index (χ3n) is 3.01. The van der Waals surface area contributed by atoms with Crippen LogP contribution in [0.1, 0.15) is 28.7 Å². The third kappa shape index (κ3) is 2.52. The van der Waals surface area contributed by atoms with Crippen molar-refractivity contribution in [3.63, 3.8) is 0 Å². The second-order valence-electron chi connectivity index (χ2n) is 4.52. The fraction of sp³-hybridized carbons (Fsp3) is 0.333. The number of aryl methyl sites for hydroxylation is 2. The third-order valence-corrected chi connectivity index (χ3v) is 3.01. The SMILES string of the molecule is CCOC(=O)c1c(C)nc(-c2cccc(C)c2)n1C. The molecule has 1 aromatic heterocycles. The quantitative estimate of drug-likeness (QED) is 0.795. The molecule has 4 nitrogen and oxygen atoms in total. The molecular formula is C15H18N2O2. The molecule has 19 heavy (non-hydrogen) atoms. The molecule has 0 aliphatic heterocycles. The summed E-state index contributed by atoms with van der Waals surface area (Å²) in [6, 6.07) is 8.06. The predicted octanol–water partition coefficient (Wildman–Crippen LogP) is 2.88. The summed E-state index contributed by atoms with van der Waals surface area (Å²) in [7, 11) is 1.84. The topological polar surface area (TPSA) is 44.1 Å². The summed E-state index contributed by atoms with van der Waals surface area (Å²) >= 11 is 0. The number of aromatic nitrogens is 2. The van der Waals surface area contributed by atoms with Gasteiger partial charge < -0.3 is 9.30 Å². The summed E-state index contributed by atoms with van der Waals surface area (Å²) in [5, 5.41) is 0. The van der Waals surface area contributed by atoms with Gasteiger partial charge in [-0.3, -0.25) is 0 Å². The number of ether oxygens (including phenoxy) is 1. The van der Waals surface area contributed by atoms with Crippen molar-refractivity contribution in [3.8, 4) is 11.4 Å². The van der Waals surface area contributed by atoms with Gasteiger partial charge in [-0.1, -0.05) is 23.8 Å². The van der Waals surface area contributed by atoms with Gasteiger partial charge in [0, 0.05) is 12.6 Å². The first-order valence-corrected chi connectivity index (χ1v) is 6.32. The molecule has 0 aliphatic rings. The highest BCUT2D eigenvalue weighted by molar-refractivity contribution is 5.89. The Balaban J connectivity index is 2.50. The summed E-state index contributed by atoms with van der Waals surface area (Å²) in [6.07, 6.45) is 0. The van der Waals surface area contributed by atoms with E-state index in [2.05, 4.69) is 11.1 Å². The van der Waals surface area contributed by atoms with Gasteiger partial charge >= 0.3 is 5.97 Å². The number of esters is 1. The highest BCUT2D eigenvalue weighted by Crippen LogP contribution is 2.22. The summed E-state index contributed by atoms with van der Waals surface area (Å²) in [5.74, 6) is 0.457. The first kappa shape index (κ1) is 13.3. The van der Waals surface area contributed by atoms with Crippen molar-refractivity contribution in [1.82, 2.24) is 9.55 Å². The molecule has 2 rings (SSSR count). The van der Waals surface area contributed by atoms with E-state index in [4.69, 9.17) is 4.74 Å². The van der Waals surface area contributed by atoms with Crippen LogP contribution in [0.5, 0.6) is 0 Å². The average molecular weight is 258 g/mol. The van der Waals surface area contributed by atoms with E-state index in [9.17, 15) is 4.79 Å². The molecule has 0 saturated heterocycles. The summed E-state index contributed by atoms with van der Waals surface area (Å²) in [6.45, 7) is 6.02. The highest BCUT2D eigenvalue weighted by atomic mass is 16.5. The minimum Gasteiger partial charge on any atom is -0.461 e. The molecule has 0 spiro atoms. The summed E-state index contributed by atoms with van der Waals surface area (Å²) in [4.78, 5) is 16.4. The lowest BCUT2D eigenvalue weighted by atomic mass is 10.1. The van der Waals surface area contributed by atoms with E-state index in [1.807, 2.05) is 39.1 Å². The molecule has 0 bridgehead atoms. The van der Waals surface area contributed by atoms with Crippen LogP contribution in [0.25, 0.3) is 11.4 Å². The van der Waals surface area contributed by atoms with Gasteiger partial charge in [-0.25, -0.2) is 9.78 Å². The van der Waals surface area contributed by atoms with E-state index < -0.39 is 0 Å².